The lowest BCUT2D eigenvalue weighted by molar-refractivity contribution is -0.114. The highest BCUT2D eigenvalue weighted by molar-refractivity contribution is 9.10. The van der Waals surface area contributed by atoms with Crippen LogP contribution in [-0.4, -0.2) is 24.1 Å². The zero-order valence-electron chi connectivity index (χ0n) is 13.4. The molecule has 0 heterocycles. The van der Waals surface area contributed by atoms with Crippen molar-refractivity contribution in [3.8, 4) is 0 Å². The smallest absolute Gasteiger partial charge is 0.221 e. The van der Waals surface area contributed by atoms with Crippen molar-refractivity contribution in [1.29, 1.82) is 0 Å². The second-order valence-corrected chi connectivity index (χ2v) is 6.76. The van der Waals surface area contributed by atoms with E-state index in [1.165, 1.54) is 6.92 Å². The third kappa shape index (κ3) is 5.60. The molecule has 3 N–H and O–H groups in total. The van der Waals surface area contributed by atoms with Gasteiger partial charge in [-0.3, -0.25) is 4.79 Å². The molecule has 0 aliphatic heterocycles. The van der Waals surface area contributed by atoms with Gasteiger partial charge in [0.1, 0.15) is 0 Å². The van der Waals surface area contributed by atoms with Gasteiger partial charge < -0.3 is 15.7 Å². The van der Waals surface area contributed by atoms with Crippen LogP contribution in [0.2, 0.25) is 5.02 Å². The van der Waals surface area contributed by atoms with Crippen LogP contribution in [0.4, 0.5) is 5.69 Å². The lowest BCUT2D eigenvalue weighted by atomic mass is 10.1. The molecule has 0 aliphatic carbocycles. The maximum absolute atomic E-state index is 11.2. The van der Waals surface area contributed by atoms with Gasteiger partial charge in [0.2, 0.25) is 5.91 Å². The van der Waals surface area contributed by atoms with E-state index in [9.17, 15) is 9.90 Å². The Kier molecular flexibility index (Phi) is 7.24. The van der Waals surface area contributed by atoms with Gasteiger partial charge in [-0.25, -0.2) is 0 Å². The van der Waals surface area contributed by atoms with Crippen molar-refractivity contribution in [2.45, 2.75) is 19.4 Å². The van der Waals surface area contributed by atoms with Crippen molar-refractivity contribution in [2.75, 3.05) is 18.4 Å². The number of hydrogen-bond donors (Lipinski definition) is 3. The second-order valence-electron chi connectivity index (χ2n) is 5.47. The molecular weight excluding hydrogens is 392 g/mol. The van der Waals surface area contributed by atoms with Crippen molar-refractivity contribution in [3.63, 3.8) is 0 Å². The predicted octanol–water partition coefficient (Wildman–Crippen LogP) is 3.93. The first kappa shape index (κ1) is 18.9. The number of aliphatic hydroxyl groups is 1. The Morgan fingerprint density at radius 3 is 2.75 bits per heavy atom. The molecular formula is C18H20BrClN2O2. The lowest BCUT2D eigenvalue weighted by Gasteiger charge is -2.16. The van der Waals surface area contributed by atoms with Crippen LogP contribution >= 0.6 is 27.5 Å². The molecule has 0 bridgehead atoms. The van der Waals surface area contributed by atoms with E-state index in [4.69, 9.17) is 11.6 Å². The minimum atomic E-state index is -0.693. The first-order valence-electron chi connectivity index (χ1n) is 7.66. The van der Waals surface area contributed by atoms with Gasteiger partial charge in [0.15, 0.2) is 0 Å². The van der Waals surface area contributed by atoms with Gasteiger partial charge in [-0.05, 0) is 36.7 Å². The molecule has 0 fully saturated rings. The summed E-state index contributed by atoms with van der Waals surface area (Å²) in [6, 6.07) is 13.0. The molecule has 0 spiro atoms. The van der Waals surface area contributed by atoms with Crippen molar-refractivity contribution in [2.24, 2.45) is 0 Å². The molecule has 0 saturated carbocycles. The molecule has 2 aromatic carbocycles. The third-order valence-corrected chi connectivity index (χ3v) is 4.53. The quantitative estimate of drug-likeness (QED) is 0.605. The Balaban J connectivity index is 1.87. The zero-order valence-corrected chi connectivity index (χ0v) is 15.7. The number of amides is 1. The predicted molar refractivity (Wildman–Crippen MR) is 101 cm³/mol. The highest BCUT2D eigenvalue weighted by atomic mass is 79.9. The van der Waals surface area contributed by atoms with E-state index in [1.807, 2.05) is 36.4 Å². The number of anilines is 1. The van der Waals surface area contributed by atoms with Crippen LogP contribution in [0.15, 0.2) is 46.9 Å². The van der Waals surface area contributed by atoms with Crippen molar-refractivity contribution in [3.05, 3.63) is 63.1 Å². The summed E-state index contributed by atoms with van der Waals surface area (Å²) in [4.78, 5) is 11.2. The van der Waals surface area contributed by atoms with Gasteiger partial charge in [-0.15, -0.1) is 0 Å². The Hall–Kier alpha value is -1.40. The molecule has 6 heteroatoms. The molecule has 128 valence electrons. The SMILES string of the molecule is CC(=O)Nc1ccccc1C(O)CNCCc1ccc(Cl)cc1Br. The van der Waals surface area contributed by atoms with E-state index in [0.717, 1.165) is 23.0 Å². The van der Waals surface area contributed by atoms with E-state index in [0.29, 0.717) is 22.8 Å². The minimum absolute atomic E-state index is 0.157. The first-order valence-corrected chi connectivity index (χ1v) is 8.83. The summed E-state index contributed by atoms with van der Waals surface area (Å²) in [6.45, 7) is 2.58. The second kappa shape index (κ2) is 9.18. The molecule has 2 aromatic rings. The number of rotatable bonds is 7. The standard InChI is InChI=1S/C18H20BrClN2O2/c1-12(23)22-17-5-3-2-4-15(17)18(24)11-21-9-8-13-6-7-14(20)10-16(13)19/h2-7,10,18,21,24H,8-9,11H2,1H3,(H,22,23). The van der Waals surface area contributed by atoms with E-state index in [2.05, 4.69) is 26.6 Å². The number of hydrogen-bond acceptors (Lipinski definition) is 3. The van der Waals surface area contributed by atoms with Crippen molar-refractivity contribution >= 4 is 39.1 Å². The van der Waals surface area contributed by atoms with Crippen LogP contribution in [-0.2, 0) is 11.2 Å². The van der Waals surface area contributed by atoms with Gasteiger partial charge >= 0.3 is 0 Å². The van der Waals surface area contributed by atoms with Crippen LogP contribution in [0.3, 0.4) is 0 Å². The Bertz CT molecular complexity index is 709. The van der Waals surface area contributed by atoms with Crippen LogP contribution < -0.4 is 10.6 Å². The summed E-state index contributed by atoms with van der Waals surface area (Å²) < 4.78 is 0.980. The number of carbonyl (C=O) groups is 1. The average molecular weight is 412 g/mol. The highest BCUT2D eigenvalue weighted by Crippen LogP contribution is 2.23. The molecule has 1 atom stereocenters. The number of para-hydroxylation sites is 1. The van der Waals surface area contributed by atoms with Crippen LogP contribution in [0.1, 0.15) is 24.2 Å². The van der Waals surface area contributed by atoms with Crippen molar-refractivity contribution < 1.29 is 9.90 Å². The van der Waals surface area contributed by atoms with Gasteiger partial charge in [-0.1, -0.05) is 51.8 Å². The number of benzene rings is 2. The molecule has 0 aromatic heterocycles. The van der Waals surface area contributed by atoms with Crippen LogP contribution in [0, 0.1) is 0 Å². The van der Waals surface area contributed by atoms with E-state index >= 15 is 0 Å². The van der Waals surface area contributed by atoms with E-state index in [1.54, 1.807) is 6.07 Å². The summed E-state index contributed by atoms with van der Waals surface area (Å²) >= 11 is 9.43. The summed E-state index contributed by atoms with van der Waals surface area (Å²) in [5.74, 6) is -0.157. The van der Waals surface area contributed by atoms with Gasteiger partial charge in [-0.2, -0.15) is 0 Å². The van der Waals surface area contributed by atoms with Gasteiger partial charge in [0.05, 0.1) is 6.10 Å². The molecule has 4 nitrogen and oxygen atoms in total. The molecule has 0 saturated heterocycles. The highest BCUT2D eigenvalue weighted by Gasteiger charge is 2.12. The first-order chi connectivity index (χ1) is 11.5. The summed E-state index contributed by atoms with van der Waals surface area (Å²) in [5.41, 5.74) is 2.49. The molecule has 1 unspecified atom stereocenters. The summed E-state index contributed by atoms with van der Waals surface area (Å²) in [7, 11) is 0. The zero-order chi connectivity index (χ0) is 17.5. The third-order valence-electron chi connectivity index (χ3n) is 3.55. The monoisotopic (exact) mass is 410 g/mol. The van der Waals surface area contributed by atoms with Gasteiger partial charge in [0.25, 0.3) is 0 Å². The fraction of sp³-hybridized carbons (Fsp3) is 0.278. The fourth-order valence-corrected chi connectivity index (χ4v) is 3.27. The topological polar surface area (TPSA) is 61.4 Å². The lowest BCUT2D eigenvalue weighted by Crippen LogP contribution is -2.24. The van der Waals surface area contributed by atoms with Gasteiger partial charge in [0, 0.05) is 34.2 Å². The average Bonchev–Trinajstić information content (AvgIpc) is 2.53. The normalized spacial score (nSPS) is 12.0. The largest absolute Gasteiger partial charge is 0.387 e. The summed E-state index contributed by atoms with van der Waals surface area (Å²) in [6.07, 6.45) is 0.124. The summed E-state index contributed by atoms with van der Waals surface area (Å²) in [5, 5.41) is 17.0. The number of aliphatic hydroxyl groups excluding tert-OH is 1. The molecule has 2 rings (SSSR count). The minimum Gasteiger partial charge on any atom is -0.387 e. The number of halogens is 2. The van der Waals surface area contributed by atoms with E-state index in [-0.39, 0.29) is 5.91 Å². The Morgan fingerprint density at radius 2 is 2.04 bits per heavy atom. The van der Waals surface area contributed by atoms with Crippen molar-refractivity contribution in [1.82, 2.24) is 5.32 Å². The maximum Gasteiger partial charge on any atom is 0.221 e. The van der Waals surface area contributed by atoms with E-state index < -0.39 is 6.10 Å². The molecule has 0 radical (unpaired) electrons. The Morgan fingerprint density at radius 1 is 1.29 bits per heavy atom. The number of nitrogens with one attached hydrogen (secondary N) is 2. The molecule has 1 amide bonds. The van der Waals surface area contributed by atoms with Crippen LogP contribution in [0.5, 0.6) is 0 Å². The Labute approximate surface area is 155 Å². The fourth-order valence-electron chi connectivity index (χ4n) is 2.39. The molecule has 0 aliphatic rings. The number of carbonyl (C=O) groups excluding carboxylic acids is 1. The van der Waals surface area contributed by atoms with Crippen LogP contribution in [0.25, 0.3) is 0 Å². The maximum atomic E-state index is 11.2. The molecule has 24 heavy (non-hydrogen) atoms.